The zero-order valence-electron chi connectivity index (χ0n) is 14.6. The van der Waals surface area contributed by atoms with Gasteiger partial charge in [-0.15, -0.1) is 0 Å². The first kappa shape index (κ1) is 19.4. The van der Waals surface area contributed by atoms with Crippen LogP contribution in [0, 0.1) is 6.92 Å². The summed E-state index contributed by atoms with van der Waals surface area (Å²) < 4.78 is 24.3. The highest BCUT2D eigenvalue weighted by Gasteiger charge is 2.25. The van der Waals surface area contributed by atoms with Crippen LogP contribution in [0.3, 0.4) is 0 Å². The Morgan fingerprint density at radius 1 is 1.20 bits per heavy atom. The van der Waals surface area contributed by atoms with Crippen LogP contribution in [0.1, 0.15) is 35.2 Å². The van der Waals surface area contributed by atoms with E-state index in [4.69, 9.17) is 0 Å². The molecule has 2 N–H and O–H groups in total. The Labute approximate surface area is 148 Å². The monoisotopic (exact) mass is 367 g/mol. The second-order valence-electron chi connectivity index (χ2n) is 6.32. The minimum Gasteiger partial charge on any atom is -0.353 e. The van der Waals surface area contributed by atoms with Gasteiger partial charge in [-0.25, -0.2) is 12.7 Å². The molecule has 1 saturated heterocycles. The molecule has 0 aliphatic carbocycles. The predicted molar refractivity (Wildman–Crippen MR) is 95.7 cm³/mol. The standard InChI is InChI=1S/C17H25N3O4S/c1-13-5-3-4-6-15(13)17(22)18-10-7-16(21)19-14-8-11-20(12-9-14)25(2,23)24/h3-6,14H,7-12H2,1-2H3,(H,18,22)(H,19,21). The lowest BCUT2D eigenvalue weighted by atomic mass is 10.1. The Kier molecular flexibility index (Phi) is 6.55. The molecule has 0 radical (unpaired) electrons. The van der Waals surface area contributed by atoms with Gasteiger partial charge in [0.1, 0.15) is 0 Å². The number of hydrogen-bond donors (Lipinski definition) is 2. The highest BCUT2D eigenvalue weighted by Crippen LogP contribution is 2.13. The molecule has 0 bridgehead atoms. The van der Waals surface area contributed by atoms with Crippen molar-refractivity contribution >= 4 is 21.8 Å². The van der Waals surface area contributed by atoms with Gasteiger partial charge in [0.15, 0.2) is 0 Å². The van der Waals surface area contributed by atoms with E-state index < -0.39 is 10.0 Å². The summed E-state index contributed by atoms with van der Waals surface area (Å²) in [6, 6.07) is 7.27. The van der Waals surface area contributed by atoms with Crippen LogP contribution in [-0.2, 0) is 14.8 Å². The number of amides is 2. The van der Waals surface area contributed by atoms with Crippen molar-refractivity contribution < 1.29 is 18.0 Å². The van der Waals surface area contributed by atoms with E-state index in [0.29, 0.717) is 31.5 Å². The van der Waals surface area contributed by atoms with E-state index in [1.54, 1.807) is 12.1 Å². The molecule has 1 aliphatic rings. The first-order valence-corrected chi connectivity index (χ1v) is 10.2. The lowest BCUT2D eigenvalue weighted by Crippen LogP contribution is -2.46. The molecule has 0 saturated carbocycles. The first-order valence-electron chi connectivity index (χ1n) is 8.35. The molecule has 1 aliphatic heterocycles. The molecule has 7 nitrogen and oxygen atoms in total. The maximum atomic E-state index is 12.1. The van der Waals surface area contributed by atoms with Crippen LogP contribution in [0.15, 0.2) is 24.3 Å². The van der Waals surface area contributed by atoms with Gasteiger partial charge in [-0.3, -0.25) is 9.59 Å². The van der Waals surface area contributed by atoms with Crippen LogP contribution >= 0.6 is 0 Å². The van der Waals surface area contributed by atoms with Crippen molar-refractivity contribution in [2.45, 2.75) is 32.2 Å². The smallest absolute Gasteiger partial charge is 0.251 e. The lowest BCUT2D eigenvalue weighted by Gasteiger charge is -2.30. The number of benzene rings is 1. The second kappa shape index (κ2) is 8.44. The molecule has 0 unspecified atom stereocenters. The largest absolute Gasteiger partial charge is 0.353 e. The molecule has 0 aromatic heterocycles. The van der Waals surface area contributed by atoms with Crippen molar-refractivity contribution in [3.05, 3.63) is 35.4 Å². The number of piperidine rings is 1. The quantitative estimate of drug-likeness (QED) is 0.772. The number of aryl methyl sites for hydroxylation is 1. The van der Waals surface area contributed by atoms with Crippen LogP contribution in [0.5, 0.6) is 0 Å². The highest BCUT2D eigenvalue weighted by molar-refractivity contribution is 7.88. The van der Waals surface area contributed by atoms with Crippen LogP contribution in [0.2, 0.25) is 0 Å². The van der Waals surface area contributed by atoms with Gasteiger partial charge in [0.05, 0.1) is 6.26 Å². The molecule has 8 heteroatoms. The molecule has 1 aromatic carbocycles. The molecule has 2 amide bonds. The van der Waals surface area contributed by atoms with Crippen molar-refractivity contribution in [1.29, 1.82) is 0 Å². The Bertz CT molecular complexity index is 725. The number of hydrogen-bond acceptors (Lipinski definition) is 4. The zero-order valence-corrected chi connectivity index (χ0v) is 15.4. The second-order valence-corrected chi connectivity index (χ2v) is 8.31. The molecule has 0 spiro atoms. The average Bonchev–Trinajstić information content (AvgIpc) is 2.54. The molecular weight excluding hydrogens is 342 g/mol. The molecular formula is C17H25N3O4S. The normalized spacial score (nSPS) is 16.4. The van der Waals surface area contributed by atoms with E-state index in [0.717, 1.165) is 5.56 Å². The number of carbonyl (C=O) groups is 2. The van der Waals surface area contributed by atoms with E-state index >= 15 is 0 Å². The fourth-order valence-corrected chi connectivity index (χ4v) is 3.72. The molecule has 2 rings (SSSR count). The van der Waals surface area contributed by atoms with Crippen LogP contribution in [-0.4, -0.2) is 56.5 Å². The summed E-state index contributed by atoms with van der Waals surface area (Å²) in [4.78, 5) is 24.0. The topological polar surface area (TPSA) is 95.6 Å². The molecule has 1 aromatic rings. The van der Waals surface area contributed by atoms with Crippen LogP contribution in [0.4, 0.5) is 0 Å². The Morgan fingerprint density at radius 3 is 2.44 bits per heavy atom. The molecule has 1 heterocycles. The third-order valence-corrected chi connectivity index (χ3v) is 5.62. The third-order valence-electron chi connectivity index (χ3n) is 4.32. The van der Waals surface area contributed by atoms with Crippen molar-refractivity contribution in [2.24, 2.45) is 0 Å². The predicted octanol–water partition coefficient (Wildman–Crippen LogP) is 0.655. The highest BCUT2D eigenvalue weighted by atomic mass is 32.2. The molecule has 1 fully saturated rings. The van der Waals surface area contributed by atoms with Gasteiger partial charge in [-0.2, -0.15) is 0 Å². The van der Waals surface area contributed by atoms with Crippen molar-refractivity contribution in [3.8, 4) is 0 Å². The van der Waals surface area contributed by atoms with Crippen molar-refractivity contribution in [2.75, 3.05) is 25.9 Å². The maximum absolute atomic E-state index is 12.1. The van der Waals surface area contributed by atoms with Gasteiger partial charge in [0.25, 0.3) is 5.91 Å². The minimum atomic E-state index is -3.16. The maximum Gasteiger partial charge on any atom is 0.251 e. The van der Waals surface area contributed by atoms with Crippen molar-refractivity contribution in [1.82, 2.24) is 14.9 Å². The first-order chi connectivity index (χ1) is 11.8. The fraction of sp³-hybridized carbons (Fsp3) is 0.529. The fourth-order valence-electron chi connectivity index (χ4n) is 2.84. The van der Waals surface area contributed by atoms with Crippen LogP contribution in [0.25, 0.3) is 0 Å². The van der Waals surface area contributed by atoms with Gasteiger partial charge < -0.3 is 10.6 Å². The summed E-state index contributed by atoms with van der Waals surface area (Å²) in [5.41, 5.74) is 1.50. The third kappa shape index (κ3) is 5.82. The summed E-state index contributed by atoms with van der Waals surface area (Å²) in [7, 11) is -3.16. The van der Waals surface area contributed by atoms with Gasteiger partial charge in [0, 0.05) is 37.7 Å². The van der Waals surface area contributed by atoms with Gasteiger partial charge in [0.2, 0.25) is 15.9 Å². The summed E-state index contributed by atoms with van der Waals surface area (Å²) >= 11 is 0. The van der Waals surface area contributed by atoms with E-state index in [2.05, 4.69) is 10.6 Å². The van der Waals surface area contributed by atoms with Gasteiger partial charge in [-0.1, -0.05) is 18.2 Å². The van der Waals surface area contributed by atoms with Gasteiger partial charge >= 0.3 is 0 Å². The zero-order chi connectivity index (χ0) is 18.4. The molecule has 25 heavy (non-hydrogen) atoms. The van der Waals surface area contributed by atoms with Crippen molar-refractivity contribution in [3.63, 3.8) is 0 Å². The average molecular weight is 367 g/mol. The summed E-state index contributed by atoms with van der Waals surface area (Å²) in [5, 5.41) is 5.65. The minimum absolute atomic E-state index is 0.0161. The summed E-state index contributed by atoms with van der Waals surface area (Å²) in [6.45, 7) is 2.98. The summed E-state index contributed by atoms with van der Waals surface area (Å²) in [6.07, 6.45) is 2.61. The Morgan fingerprint density at radius 2 is 1.84 bits per heavy atom. The van der Waals surface area contributed by atoms with E-state index in [1.807, 2.05) is 19.1 Å². The lowest BCUT2D eigenvalue weighted by molar-refractivity contribution is -0.121. The SMILES string of the molecule is Cc1ccccc1C(=O)NCCC(=O)NC1CCN(S(C)(=O)=O)CC1. The molecule has 0 atom stereocenters. The number of nitrogens with one attached hydrogen (secondary N) is 2. The van der Waals surface area contributed by atoms with E-state index in [9.17, 15) is 18.0 Å². The van der Waals surface area contributed by atoms with Crippen LogP contribution < -0.4 is 10.6 Å². The Hall–Kier alpha value is -1.93. The number of carbonyl (C=O) groups excluding carboxylic acids is 2. The van der Waals surface area contributed by atoms with E-state index in [1.165, 1.54) is 10.6 Å². The Balaban J connectivity index is 1.70. The number of sulfonamides is 1. The number of nitrogens with zero attached hydrogens (tertiary/aromatic N) is 1. The van der Waals surface area contributed by atoms with E-state index in [-0.39, 0.29) is 30.8 Å². The summed E-state index contributed by atoms with van der Waals surface area (Å²) in [5.74, 6) is -0.324. The van der Waals surface area contributed by atoms with Gasteiger partial charge in [-0.05, 0) is 31.4 Å². The number of rotatable bonds is 6. The molecule has 138 valence electrons.